The van der Waals surface area contributed by atoms with Crippen molar-refractivity contribution in [3.63, 3.8) is 0 Å². The molecule has 0 bridgehead atoms. The summed E-state index contributed by atoms with van der Waals surface area (Å²) in [6.45, 7) is 2.28. The van der Waals surface area contributed by atoms with Crippen LogP contribution in [0.3, 0.4) is 0 Å². The van der Waals surface area contributed by atoms with Crippen LogP contribution in [0.25, 0.3) is 0 Å². The van der Waals surface area contributed by atoms with E-state index in [0.29, 0.717) is 0 Å². The zero-order valence-electron chi connectivity index (χ0n) is 5.96. The van der Waals surface area contributed by atoms with Gasteiger partial charge in [-0.25, -0.2) is 4.79 Å². The summed E-state index contributed by atoms with van der Waals surface area (Å²) in [5.41, 5.74) is -0.754. The van der Waals surface area contributed by atoms with Gasteiger partial charge in [-0.3, -0.25) is 0 Å². The molecule has 0 spiro atoms. The van der Waals surface area contributed by atoms with E-state index in [-0.39, 0.29) is 6.61 Å². The smallest absolute Gasteiger partial charge is 0.404 e. The van der Waals surface area contributed by atoms with Crippen molar-refractivity contribution in [2.24, 2.45) is 0 Å². The topological polar surface area (TPSA) is 26.3 Å². The second-order valence-electron chi connectivity index (χ2n) is 2.04. The Morgan fingerprint density at radius 2 is 2.45 bits per heavy atom. The molecular formula is C7H7ClO2S. The fourth-order valence-corrected chi connectivity index (χ4v) is 1.55. The van der Waals surface area contributed by atoms with E-state index in [0.717, 1.165) is 4.88 Å². The normalized spacial score (nSPS) is 9.64. The second kappa shape index (κ2) is 3.74. The van der Waals surface area contributed by atoms with Gasteiger partial charge in [-0.1, -0.05) is 0 Å². The molecule has 0 unspecified atom stereocenters. The number of rotatable bonds is 2. The van der Waals surface area contributed by atoms with Crippen LogP contribution in [0.15, 0.2) is 12.1 Å². The number of carbonyl (C=O) groups is 1. The molecule has 0 aliphatic carbocycles. The van der Waals surface area contributed by atoms with E-state index < -0.39 is 5.43 Å². The van der Waals surface area contributed by atoms with Gasteiger partial charge in [0.15, 0.2) is 0 Å². The van der Waals surface area contributed by atoms with Crippen molar-refractivity contribution in [3.05, 3.63) is 21.9 Å². The molecule has 1 aromatic rings. The fourth-order valence-electron chi connectivity index (χ4n) is 0.691. The summed E-state index contributed by atoms with van der Waals surface area (Å²) in [4.78, 5) is 12.4. The number of carbonyl (C=O) groups excluding carboxylic acids is 1. The van der Waals surface area contributed by atoms with Crippen molar-refractivity contribution in [3.8, 4) is 0 Å². The Kier molecular flexibility index (Phi) is 2.91. The fraction of sp³-hybridized carbons (Fsp3) is 0.286. The predicted molar refractivity (Wildman–Crippen MR) is 45.1 cm³/mol. The van der Waals surface area contributed by atoms with Crippen molar-refractivity contribution in [2.45, 2.75) is 13.5 Å². The van der Waals surface area contributed by atoms with Crippen LogP contribution in [0.1, 0.15) is 9.75 Å². The number of hydrogen-bond acceptors (Lipinski definition) is 3. The molecule has 0 aliphatic rings. The van der Waals surface area contributed by atoms with Crippen LogP contribution < -0.4 is 0 Å². The Bertz CT molecular complexity index is 257. The van der Waals surface area contributed by atoms with Crippen LogP contribution in [0.4, 0.5) is 4.79 Å². The number of aryl methyl sites for hydroxylation is 1. The maximum absolute atomic E-state index is 10.2. The molecule has 0 radical (unpaired) electrons. The molecule has 0 aromatic carbocycles. The summed E-state index contributed by atoms with van der Waals surface area (Å²) in [5, 5.41) is 0. The number of thiophene rings is 1. The lowest BCUT2D eigenvalue weighted by Gasteiger charge is -1.94. The molecule has 60 valence electrons. The van der Waals surface area contributed by atoms with E-state index in [4.69, 9.17) is 11.6 Å². The standard InChI is InChI=1S/C7H7ClO2S/c1-5-2-3-6(11-5)4-10-7(8)9/h2-3H,4H2,1H3. The van der Waals surface area contributed by atoms with Gasteiger partial charge in [0.1, 0.15) is 6.61 Å². The summed E-state index contributed by atoms with van der Waals surface area (Å²) in [5.74, 6) is 0. The van der Waals surface area contributed by atoms with E-state index >= 15 is 0 Å². The third kappa shape index (κ3) is 2.91. The first-order valence-corrected chi connectivity index (χ1v) is 4.25. The zero-order valence-corrected chi connectivity index (χ0v) is 7.54. The minimum Gasteiger partial charge on any atom is -0.448 e. The highest BCUT2D eigenvalue weighted by molar-refractivity contribution is 7.11. The SMILES string of the molecule is Cc1ccc(COC(=O)Cl)s1. The van der Waals surface area contributed by atoms with Crippen LogP contribution in [0.5, 0.6) is 0 Å². The maximum atomic E-state index is 10.2. The zero-order chi connectivity index (χ0) is 8.27. The van der Waals surface area contributed by atoms with Crippen LogP contribution in [0, 0.1) is 6.92 Å². The van der Waals surface area contributed by atoms with Gasteiger partial charge in [-0.15, -0.1) is 11.3 Å². The van der Waals surface area contributed by atoms with Crippen LogP contribution in [-0.4, -0.2) is 5.43 Å². The number of ether oxygens (including phenoxy) is 1. The lowest BCUT2D eigenvalue weighted by Crippen LogP contribution is -1.91. The van der Waals surface area contributed by atoms with Crippen molar-refractivity contribution in [1.29, 1.82) is 0 Å². The lowest BCUT2D eigenvalue weighted by molar-refractivity contribution is 0.168. The van der Waals surface area contributed by atoms with Gasteiger partial charge in [0, 0.05) is 21.4 Å². The molecule has 1 rings (SSSR count). The molecule has 0 fully saturated rings. The predicted octanol–water partition coefficient (Wildman–Crippen LogP) is 2.93. The minimum absolute atomic E-state index is 0.279. The van der Waals surface area contributed by atoms with E-state index in [2.05, 4.69) is 4.74 Å². The second-order valence-corrected chi connectivity index (χ2v) is 3.72. The highest BCUT2D eigenvalue weighted by atomic mass is 35.5. The Morgan fingerprint density at radius 1 is 1.73 bits per heavy atom. The summed E-state index contributed by atoms with van der Waals surface area (Å²) >= 11 is 6.57. The molecule has 11 heavy (non-hydrogen) atoms. The first kappa shape index (κ1) is 8.56. The summed E-state index contributed by atoms with van der Waals surface area (Å²) in [6, 6.07) is 3.89. The van der Waals surface area contributed by atoms with Crippen LogP contribution in [0.2, 0.25) is 0 Å². The van der Waals surface area contributed by atoms with E-state index in [1.54, 1.807) is 11.3 Å². The molecule has 0 amide bonds. The molecule has 0 atom stereocenters. The minimum atomic E-state index is -0.754. The largest absolute Gasteiger partial charge is 0.448 e. The molecule has 1 heterocycles. The highest BCUT2D eigenvalue weighted by Crippen LogP contribution is 2.15. The first-order chi connectivity index (χ1) is 5.18. The van der Waals surface area contributed by atoms with Gasteiger partial charge in [0.2, 0.25) is 0 Å². The molecule has 0 N–H and O–H groups in total. The van der Waals surface area contributed by atoms with Crippen molar-refractivity contribution in [1.82, 2.24) is 0 Å². The monoisotopic (exact) mass is 190 g/mol. The first-order valence-electron chi connectivity index (χ1n) is 3.06. The quantitative estimate of drug-likeness (QED) is 0.671. The van der Waals surface area contributed by atoms with E-state index in [1.165, 1.54) is 4.88 Å². The molecule has 1 aromatic heterocycles. The average molecular weight is 191 g/mol. The number of hydrogen-bond donors (Lipinski definition) is 0. The highest BCUT2D eigenvalue weighted by Gasteiger charge is 1.99. The van der Waals surface area contributed by atoms with Crippen LogP contribution >= 0.6 is 22.9 Å². The van der Waals surface area contributed by atoms with E-state index in [1.807, 2.05) is 19.1 Å². The van der Waals surface area contributed by atoms with Gasteiger partial charge in [0.25, 0.3) is 0 Å². The Balaban J connectivity index is 2.45. The number of halogens is 1. The van der Waals surface area contributed by atoms with Gasteiger partial charge in [0.05, 0.1) is 0 Å². The third-order valence-corrected chi connectivity index (χ3v) is 2.21. The molecular weight excluding hydrogens is 184 g/mol. The van der Waals surface area contributed by atoms with Gasteiger partial charge in [-0.05, 0) is 19.1 Å². The molecule has 0 saturated carbocycles. The molecule has 0 aliphatic heterocycles. The molecule has 0 saturated heterocycles. The maximum Gasteiger partial charge on any atom is 0.404 e. The molecule has 4 heteroatoms. The van der Waals surface area contributed by atoms with Gasteiger partial charge < -0.3 is 4.74 Å². The van der Waals surface area contributed by atoms with Crippen molar-refractivity contribution in [2.75, 3.05) is 0 Å². The van der Waals surface area contributed by atoms with Gasteiger partial charge >= 0.3 is 5.43 Å². The Morgan fingerprint density at radius 3 is 2.91 bits per heavy atom. The van der Waals surface area contributed by atoms with Crippen molar-refractivity contribution >= 4 is 28.4 Å². The van der Waals surface area contributed by atoms with Gasteiger partial charge in [-0.2, -0.15) is 0 Å². The van der Waals surface area contributed by atoms with Crippen molar-refractivity contribution < 1.29 is 9.53 Å². The summed E-state index contributed by atoms with van der Waals surface area (Å²) in [7, 11) is 0. The Labute approximate surface area is 73.7 Å². The average Bonchev–Trinajstić information content (AvgIpc) is 2.31. The molecule has 2 nitrogen and oxygen atoms in total. The summed E-state index contributed by atoms with van der Waals surface area (Å²) in [6.07, 6.45) is 0. The lowest BCUT2D eigenvalue weighted by atomic mass is 10.4. The van der Waals surface area contributed by atoms with Crippen LogP contribution in [-0.2, 0) is 11.3 Å². The summed E-state index contributed by atoms with van der Waals surface area (Å²) < 4.78 is 4.58. The third-order valence-electron chi connectivity index (χ3n) is 1.12. The van der Waals surface area contributed by atoms with E-state index in [9.17, 15) is 4.79 Å². The Hall–Kier alpha value is -0.540.